The standard InChI is InChI=1S/C18H26N2O3/c1-18(2,3)23-17(22)20-9-5-8-19(10-11-20)13-15-6-4-7-16(12-15)14-21/h4,6-7,12,14H,5,8-11,13H2,1-3H3. The first-order chi connectivity index (χ1) is 10.9. The fraction of sp³-hybridized carbons (Fsp3) is 0.556. The summed E-state index contributed by atoms with van der Waals surface area (Å²) in [5.74, 6) is 0. The number of benzene rings is 1. The molecule has 1 heterocycles. The van der Waals surface area contributed by atoms with E-state index in [0.717, 1.165) is 44.4 Å². The topological polar surface area (TPSA) is 49.9 Å². The summed E-state index contributed by atoms with van der Waals surface area (Å²) >= 11 is 0. The molecule has 5 nitrogen and oxygen atoms in total. The first-order valence-corrected chi connectivity index (χ1v) is 8.12. The van der Waals surface area contributed by atoms with Crippen LogP contribution < -0.4 is 0 Å². The van der Waals surface area contributed by atoms with Gasteiger partial charge in [-0.1, -0.05) is 18.2 Å². The number of ether oxygens (including phenoxy) is 1. The summed E-state index contributed by atoms with van der Waals surface area (Å²) in [6.45, 7) is 9.58. The van der Waals surface area contributed by atoms with E-state index in [1.54, 1.807) is 4.90 Å². The number of carbonyl (C=O) groups is 2. The fourth-order valence-electron chi connectivity index (χ4n) is 2.66. The van der Waals surface area contributed by atoms with E-state index in [-0.39, 0.29) is 6.09 Å². The van der Waals surface area contributed by atoms with E-state index < -0.39 is 5.60 Å². The van der Waals surface area contributed by atoms with Gasteiger partial charge < -0.3 is 9.64 Å². The van der Waals surface area contributed by atoms with Crippen molar-refractivity contribution in [2.45, 2.75) is 39.3 Å². The summed E-state index contributed by atoms with van der Waals surface area (Å²) < 4.78 is 5.45. The van der Waals surface area contributed by atoms with Crippen LogP contribution in [0, 0.1) is 0 Å². The Bertz CT molecular complexity index is 551. The second-order valence-corrected chi connectivity index (χ2v) is 6.96. The molecule has 0 saturated carbocycles. The molecule has 0 bridgehead atoms. The van der Waals surface area contributed by atoms with E-state index in [4.69, 9.17) is 4.74 Å². The molecule has 5 heteroatoms. The van der Waals surface area contributed by atoms with Crippen molar-refractivity contribution in [3.05, 3.63) is 35.4 Å². The molecule has 1 aliphatic heterocycles. The highest BCUT2D eigenvalue weighted by molar-refractivity contribution is 5.74. The van der Waals surface area contributed by atoms with Gasteiger partial charge in [-0.3, -0.25) is 9.69 Å². The van der Waals surface area contributed by atoms with Crippen molar-refractivity contribution in [3.8, 4) is 0 Å². The number of carbonyl (C=O) groups excluding carboxylic acids is 2. The minimum absolute atomic E-state index is 0.234. The van der Waals surface area contributed by atoms with Gasteiger partial charge in [0.2, 0.25) is 0 Å². The molecular weight excluding hydrogens is 292 g/mol. The third-order valence-corrected chi connectivity index (χ3v) is 3.73. The van der Waals surface area contributed by atoms with Crippen molar-refractivity contribution >= 4 is 12.4 Å². The maximum atomic E-state index is 12.2. The zero-order chi connectivity index (χ0) is 16.9. The van der Waals surface area contributed by atoms with E-state index in [0.29, 0.717) is 12.1 Å². The fourth-order valence-corrected chi connectivity index (χ4v) is 2.66. The Hall–Kier alpha value is -1.88. The third-order valence-electron chi connectivity index (χ3n) is 3.73. The molecule has 0 spiro atoms. The van der Waals surface area contributed by atoms with E-state index in [1.807, 2.05) is 45.0 Å². The summed E-state index contributed by atoms with van der Waals surface area (Å²) in [6, 6.07) is 7.67. The van der Waals surface area contributed by atoms with Crippen LogP contribution in [0.25, 0.3) is 0 Å². The van der Waals surface area contributed by atoms with Crippen molar-refractivity contribution in [3.63, 3.8) is 0 Å². The molecule has 1 fully saturated rings. The second-order valence-electron chi connectivity index (χ2n) is 6.96. The lowest BCUT2D eigenvalue weighted by Gasteiger charge is -2.26. The van der Waals surface area contributed by atoms with Crippen molar-refractivity contribution in [2.75, 3.05) is 26.2 Å². The number of hydrogen-bond acceptors (Lipinski definition) is 4. The van der Waals surface area contributed by atoms with Crippen LogP contribution in [0.3, 0.4) is 0 Å². The molecule has 0 atom stereocenters. The first-order valence-electron chi connectivity index (χ1n) is 8.12. The van der Waals surface area contributed by atoms with E-state index in [2.05, 4.69) is 4.90 Å². The molecule has 1 saturated heterocycles. The van der Waals surface area contributed by atoms with Gasteiger partial charge in [0.25, 0.3) is 0 Å². The van der Waals surface area contributed by atoms with Gasteiger partial charge in [0.05, 0.1) is 0 Å². The highest BCUT2D eigenvalue weighted by atomic mass is 16.6. The lowest BCUT2D eigenvalue weighted by molar-refractivity contribution is 0.0257. The van der Waals surface area contributed by atoms with Crippen LogP contribution in [0.4, 0.5) is 4.79 Å². The van der Waals surface area contributed by atoms with Gasteiger partial charge >= 0.3 is 6.09 Å². The van der Waals surface area contributed by atoms with Crippen LogP contribution in [0.2, 0.25) is 0 Å². The summed E-state index contributed by atoms with van der Waals surface area (Å²) in [5.41, 5.74) is 1.37. The minimum Gasteiger partial charge on any atom is -0.444 e. The molecule has 2 rings (SSSR count). The van der Waals surface area contributed by atoms with Crippen molar-refractivity contribution < 1.29 is 14.3 Å². The average molecular weight is 318 g/mol. The normalized spacial score (nSPS) is 16.7. The highest BCUT2D eigenvalue weighted by Crippen LogP contribution is 2.14. The Morgan fingerprint density at radius 1 is 1.22 bits per heavy atom. The molecule has 0 aromatic heterocycles. The first kappa shape index (κ1) is 17.5. The van der Waals surface area contributed by atoms with Crippen molar-refractivity contribution in [1.29, 1.82) is 0 Å². The monoisotopic (exact) mass is 318 g/mol. The predicted molar refractivity (Wildman–Crippen MR) is 89.5 cm³/mol. The molecule has 1 aromatic rings. The van der Waals surface area contributed by atoms with Crippen molar-refractivity contribution in [1.82, 2.24) is 9.80 Å². The van der Waals surface area contributed by atoms with Crippen LogP contribution in [0.1, 0.15) is 43.1 Å². The molecule has 126 valence electrons. The molecule has 23 heavy (non-hydrogen) atoms. The molecule has 0 radical (unpaired) electrons. The van der Waals surface area contributed by atoms with Gasteiger partial charge in [-0.15, -0.1) is 0 Å². The molecule has 1 amide bonds. The SMILES string of the molecule is CC(C)(C)OC(=O)N1CCCN(Cc2cccc(C=O)c2)CC1. The smallest absolute Gasteiger partial charge is 0.410 e. The van der Waals surface area contributed by atoms with Gasteiger partial charge in [-0.05, 0) is 38.8 Å². The zero-order valence-corrected chi connectivity index (χ0v) is 14.2. The average Bonchev–Trinajstić information content (AvgIpc) is 2.71. The quantitative estimate of drug-likeness (QED) is 0.804. The van der Waals surface area contributed by atoms with Crippen LogP contribution in [-0.4, -0.2) is 54.0 Å². The van der Waals surface area contributed by atoms with Crippen LogP contribution in [0.15, 0.2) is 24.3 Å². The summed E-state index contributed by atoms with van der Waals surface area (Å²) in [5, 5.41) is 0. The molecule has 0 N–H and O–H groups in total. The number of hydrogen-bond donors (Lipinski definition) is 0. The van der Waals surface area contributed by atoms with Gasteiger partial charge in [-0.25, -0.2) is 4.79 Å². The van der Waals surface area contributed by atoms with E-state index in [9.17, 15) is 9.59 Å². The number of rotatable bonds is 3. The van der Waals surface area contributed by atoms with Gasteiger partial charge in [0.15, 0.2) is 0 Å². The van der Waals surface area contributed by atoms with Crippen LogP contribution >= 0.6 is 0 Å². The highest BCUT2D eigenvalue weighted by Gasteiger charge is 2.24. The Labute approximate surface area is 138 Å². The largest absolute Gasteiger partial charge is 0.444 e. The number of aldehydes is 1. The van der Waals surface area contributed by atoms with Gasteiger partial charge in [0, 0.05) is 38.3 Å². The Balaban J connectivity index is 1.90. The molecule has 1 aliphatic rings. The Kier molecular flexibility index (Phi) is 5.77. The number of nitrogens with zero attached hydrogens (tertiary/aromatic N) is 2. The minimum atomic E-state index is -0.460. The third kappa shape index (κ3) is 5.67. The van der Waals surface area contributed by atoms with Crippen molar-refractivity contribution in [2.24, 2.45) is 0 Å². The van der Waals surface area contributed by atoms with Crippen LogP contribution in [-0.2, 0) is 11.3 Å². The molecular formula is C18H26N2O3. The summed E-state index contributed by atoms with van der Waals surface area (Å²) in [7, 11) is 0. The van der Waals surface area contributed by atoms with E-state index >= 15 is 0 Å². The summed E-state index contributed by atoms with van der Waals surface area (Å²) in [4.78, 5) is 27.1. The molecule has 1 aromatic carbocycles. The molecule has 0 aliphatic carbocycles. The number of amides is 1. The summed E-state index contributed by atoms with van der Waals surface area (Å²) in [6.07, 6.45) is 1.56. The Morgan fingerprint density at radius 3 is 2.70 bits per heavy atom. The maximum absolute atomic E-state index is 12.2. The second kappa shape index (κ2) is 7.59. The zero-order valence-electron chi connectivity index (χ0n) is 14.2. The van der Waals surface area contributed by atoms with Gasteiger partial charge in [-0.2, -0.15) is 0 Å². The molecule has 0 unspecified atom stereocenters. The maximum Gasteiger partial charge on any atom is 0.410 e. The lowest BCUT2D eigenvalue weighted by Crippen LogP contribution is -2.39. The van der Waals surface area contributed by atoms with E-state index in [1.165, 1.54) is 0 Å². The lowest BCUT2D eigenvalue weighted by atomic mass is 10.1. The van der Waals surface area contributed by atoms with Gasteiger partial charge in [0.1, 0.15) is 11.9 Å². The Morgan fingerprint density at radius 2 is 2.00 bits per heavy atom. The van der Waals surface area contributed by atoms with Crippen LogP contribution in [0.5, 0.6) is 0 Å². The predicted octanol–water partition coefficient (Wildman–Crippen LogP) is 2.94.